The fraction of sp³-hybridized carbons (Fsp3) is 0.200. The van der Waals surface area contributed by atoms with Crippen LogP contribution >= 0.6 is 15.8 Å². The summed E-state index contributed by atoms with van der Waals surface area (Å²) < 4.78 is 0. The van der Waals surface area contributed by atoms with E-state index in [9.17, 15) is 0 Å². The summed E-state index contributed by atoms with van der Waals surface area (Å²) in [6.45, 7) is 7.08. The second kappa shape index (κ2) is 11.2. The number of rotatable bonds is 8. The molecule has 33 heavy (non-hydrogen) atoms. The van der Waals surface area contributed by atoms with E-state index in [2.05, 4.69) is 147 Å². The van der Waals surface area contributed by atoms with Crippen LogP contribution in [-0.4, -0.2) is 23.0 Å². The van der Waals surface area contributed by atoms with Gasteiger partial charge in [-0.05, 0) is 57.8 Å². The van der Waals surface area contributed by atoms with Crippen molar-refractivity contribution < 1.29 is 0 Å². The second-order valence-corrected chi connectivity index (χ2v) is 13.5. The van der Waals surface area contributed by atoms with E-state index in [1.807, 2.05) is 0 Å². The molecule has 4 aromatic carbocycles. The van der Waals surface area contributed by atoms with E-state index in [4.69, 9.17) is 0 Å². The maximum atomic E-state index is 2.73. The zero-order valence-corrected chi connectivity index (χ0v) is 21.6. The monoisotopic (exact) mass is 469 g/mol. The van der Waals surface area contributed by atoms with Crippen LogP contribution in [-0.2, 0) is 0 Å². The minimum absolute atomic E-state index is 0.0638. The van der Waals surface area contributed by atoms with Gasteiger partial charge in [0, 0.05) is 18.1 Å². The van der Waals surface area contributed by atoms with Crippen molar-refractivity contribution in [3.05, 3.63) is 121 Å². The second-order valence-electron chi connectivity index (χ2n) is 9.19. The molecular weight excluding hydrogens is 436 g/mol. The van der Waals surface area contributed by atoms with Crippen LogP contribution in [0.25, 0.3) is 0 Å². The van der Waals surface area contributed by atoms with Crippen LogP contribution in [0.2, 0.25) is 0 Å². The Labute approximate surface area is 202 Å². The number of hydrogen-bond acceptors (Lipinski definition) is 1. The Bertz CT molecular complexity index is 930. The molecular formula is C30H33NP2. The lowest BCUT2D eigenvalue weighted by Gasteiger charge is -2.40. The maximum absolute atomic E-state index is 2.73. The molecule has 3 heteroatoms. The number of hydrogen-bond donors (Lipinski definition) is 0. The summed E-state index contributed by atoms with van der Waals surface area (Å²) in [5.74, 6) is 0. The Hall–Kier alpha value is -2.30. The Kier molecular flexibility index (Phi) is 8.11. The molecule has 0 radical (unpaired) electrons. The summed E-state index contributed by atoms with van der Waals surface area (Å²) >= 11 is 0. The fourth-order valence-corrected chi connectivity index (χ4v) is 9.13. The fourth-order valence-electron chi connectivity index (χ4n) is 3.87. The molecule has 0 fully saturated rings. The first-order chi connectivity index (χ1) is 16.0. The van der Waals surface area contributed by atoms with Gasteiger partial charge in [-0.2, -0.15) is 0 Å². The van der Waals surface area contributed by atoms with Gasteiger partial charge < -0.3 is 0 Å². The van der Waals surface area contributed by atoms with E-state index in [0.29, 0.717) is 0 Å². The molecule has 0 unspecified atom stereocenters. The quantitative estimate of drug-likeness (QED) is 0.275. The zero-order chi connectivity index (χ0) is 23.1. The van der Waals surface area contributed by atoms with Crippen molar-refractivity contribution in [3.63, 3.8) is 0 Å². The summed E-state index contributed by atoms with van der Waals surface area (Å²) in [7, 11) is -0.973. The van der Waals surface area contributed by atoms with Crippen LogP contribution in [0.1, 0.15) is 20.8 Å². The van der Waals surface area contributed by atoms with Gasteiger partial charge in [-0.25, -0.2) is 0 Å². The van der Waals surface area contributed by atoms with Crippen molar-refractivity contribution in [3.8, 4) is 0 Å². The molecule has 0 heterocycles. The highest BCUT2D eigenvalue weighted by Crippen LogP contribution is 2.42. The highest BCUT2D eigenvalue weighted by Gasteiger charge is 2.29. The number of benzene rings is 4. The highest BCUT2D eigenvalue weighted by atomic mass is 31.1. The van der Waals surface area contributed by atoms with E-state index >= 15 is 0 Å². The Balaban J connectivity index is 1.71. The summed E-state index contributed by atoms with van der Waals surface area (Å²) in [5, 5.41) is 5.77. The van der Waals surface area contributed by atoms with Crippen molar-refractivity contribution in [2.75, 3.05) is 12.6 Å². The van der Waals surface area contributed by atoms with Crippen LogP contribution in [0.5, 0.6) is 0 Å². The smallest absolute Gasteiger partial charge is 0.0274 e. The van der Waals surface area contributed by atoms with Gasteiger partial charge in [0.25, 0.3) is 0 Å². The van der Waals surface area contributed by atoms with Gasteiger partial charge in [0.05, 0.1) is 0 Å². The number of nitrogens with zero attached hydrogens (tertiary/aromatic N) is 1. The SMILES string of the molecule is CC(C)(C)N(CP(c1ccccc1)c1ccccc1)CP(c1ccccc1)c1ccccc1. The van der Waals surface area contributed by atoms with Gasteiger partial charge in [0.2, 0.25) is 0 Å². The predicted octanol–water partition coefficient (Wildman–Crippen LogP) is 6.27. The normalized spacial score (nSPS) is 11.9. The molecule has 168 valence electrons. The largest absolute Gasteiger partial charge is 0.289 e. The molecule has 0 aliphatic heterocycles. The van der Waals surface area contributed by atoms with Gasteiger partial charge in [-0.1, -0.05) is 121 Å². The molecule has 0 N–H and O–H groups in total. The molecule has 4 rings (SSSR count). The molecule has 0 spiro atoms. The van der Waals surface area contributed by atoms with E-state index in [1.165, 1.54) is 21.2 Å². The summed E-state index contributed by atoms with van der Waals surface area (Å²) in [5.41, 5.74) is 0.0638. The van der Waals surface area contributed by atoms with Gasteiger partial charge in [-0.3, -0.25) is 4.90 Å². The maximum Gasteiger partial charge on any atom is 0.0274 e. The van der Waals surface area contributed by atoms with E-state index in [0.717, 1.165) is 12.6 Å². The Morgan fingerprint density at radius 3 is 0.909 bits per heavy atom. The molecule has 0 saturated carbocycles. The van der Waals surface area contributed by atoms with Crippen molar-refractivity contribution in [2.45, 2.75) is 26.3 Å². The lowest BCUT2D eigenvalue weighted by atomic mass is 10.1. The van der Waals surface area contributed by atoms with Crippen molar-refractivity contribution >= 4 is 37.1 Å². The van der Waals surface area contributed by atoms with Crippen molar-refractivity contribution in [1.82, 2.24) is 4.90 Å². The molecule has 0 atom stereocenters. The Morgan fingerprint density at radius 1 is 0.455 bits per heavy atom. The lowest BCUT2D eigenvalue weighted by molar-refractivity contribution is 0.196. The van der Waals surface area contributed by atoms with Gasteiger partial charge in [0.1, 0.15) is 0 Å². The molecule has 4 aromatic rings. The minimum atomic E-state index is -0.487. The molecule has 1 nitrogen and oxygen atoms in total. The average Bonchev–Trinajstić information content (AvgIpc) is 2.85. The standard InChI is InChI=1S/C30H33NP2/c1-30(2,3)31(24-32(26-16-8-4-9-17-26)27-18-10-5-11-19-27)25-33(28-20-12-6-13-21-28)29-22-14-7-15-23-29/h4-23H,24-25H2,1-3H3. The van der Waals surface area contributed by atoms with Crippen LogP contribution < -0.4 is 21.2 Å². The highest BCUT2D eigenvalue weighted by molar-refractivity contribution is 7.73. The molecule has 0 saturated heterocycles. The van der Waals surface area contributed by atoms with E-state index in [-0.39, 0.29) is 5.54 Å². The molecule has 0 aliphatic rings. The van der Waals surface area contributed by atoms with Crippen LogP contribution in [0.4, 0.5) is 0 Å². The van der Waals surface area contributed by atoms with Crippen LogP contribution in [0.3, 0.4) is 0 Å². The van der Waals surface area contributed by atoms with Crippen LogP contribution in [0, 0.1) is 0 Å². The zero-order valence-electron chi connectivity index (χ0n) is 19.8. The van der Waals surface area contributed by atoms with Gasteiger partial charge in [-0.15, -0.1) is 0 Å². The predicted molar refractivity (Wildman–Crippen MR) is 149 cm³/mol. The topological polar surface area (TPSA) is 3.24 Å². The first kappa shape index (κ1) is 23.8. The first-order valence-corrected chi connectivity index (χ1v) is 14.6. The third-order valence-corrected chi connectivity index (χ3v) is 10.8. The van der Waals surface area contributed by atoms with Crippen molar-refractivity contribution in [1.29, 1.82) is 0 Å². The minimum Gasteiger partial charge on any atom is -0.289 e. The molecule has 0 bridgehead atoms. The molecule has 0 amide bonds. The van der Waals surface area contributed by atoms with Gasteiger partial charge in [0.15, 0.2) is 0 Å². The van der Waals surface area contributed by atoms with Crippen molar-refractivity contribution in [2.24, 2.45) is 0 Å². The average molecular weight is 470 g/mol. The van der Waals surface area contributed by atoms with Crippen LogP contribution in [0.15, 0.2) is 121 Å². The van der Waals surface area contributed by atoms with E-state index < -0.39 is 15.8 Å². The Morgan fingerprint density at radius 2 is 0.697 bits per heavy atom. The summed E-state index contributed by atoms with van der Waals surface area (Å²) in [6, 6.07) is 44.3. The molecule has 0 aliphatic carbocycles. The van der Waals surface area contributed by atoms with E-state index in [1.54, 1.807) is 0 Å². The lowest BCUT2D eigenvalue weighted by Crippen LogP contribution is -2.44. The first-order valence-electron chi connectivity index (χ1n) is 11.5. The van der Waals surface area contributed by atoms with Gasteiger partial charge >= 0.3 is 0 Å². The third-order valence-electron chi connectivity index (χ3n) is 5.84. The summed E-state index contributed by atoms with van der Waals surface area (Å²) in [4.78, 5) is 2.73. The summed E-state index contributed by atoms with van der Waals surface area (Å²) in [6.07, 6.45) is 2.09. The third kappa shape index (κ3) is 6.39. The molecule has 0 aromatic heterocycles.